The number of anilines is 1. The van der Waals surface area contributed by atoms with Gasteiger partial charge >= 0.3 is 5.97 Å². The summed E-state index contributed by atoms with van der Waals surface area (Å²) in [5.41, 5.74) is 2.38. The molecule has 0 aliphatic carbocycles. The summed E-state index contributed by atoms with van der Waals surface area (Å²) in [6.07, 6.45) is 3.58. The van der Waals surface area contributed by atoms with Crippen LogP contribution in [-0.2, 0) is 16.1 Å². The number of rotatable bonds is 7. The Hall–Kier alpha value is -3.62. The predicted molar refractivity (Wildman–Crippen MR) is 136 cm³/mol. The van der Waals surface area contributed by atoms with E-state index in [1.54, 1.807) is 10.6 Å². The van der Waals surface area contributed by atoms with Gasteiger partial charge in [0.2, 0.25) is 0 Å². The highest BCUT2D eigenvalue weighted by atomic mass is 35.5. The average Bonchev–Trinajstić information content (AvgIpc) is 3.25. The first-order chi connectivity index (χ1) is 16.8. The molecule has 0 saturated carbocycles. The fourth-order valence-corrected chi connectivity index (χ4v) is 3.91. The maximum atomic E-state index is 13.0. The van der Waals surface area contributed by atoms with Crippen molar-refractivity contribution < 1.29 is 19.4 Å². The van der Waals surface area contributed by atoms with Crippen LogP contribution in [0.1, 0.15) is 31.2 Å². The van der Waals surface area contributed by atoms with Crippen molar-refractivity contribution in [1.29, 1.82) is 0 Å². The number of nitrogens with one attached hydrogen (secondary N) is 1. The predicted octanol–water partition coefficient (Wildman–Crippen LogP) is 4.84. The van der Waals surface area contributed by atoms with E-state index in [0.717, 1.165) is 23.3 Å². The van der Waals surface area contributed by atoms with Crippen molar-refractivity contribution in [1.82, 2.24) is 9.55 Å². The fraction of sp³-hybridized carbons (Fsp3) is 0.200. The summed E-state index contributed by atoms with van der Waals surface area (Å²) in [6.45, 7) is 3.23. The lowest BCUT2D eigenvalue weighted by Crippen LogP contribution is -2.21. The van der Waals surface area contributed by atoms with Gasteiger partial charge in [-0.25, -0.2) is 9.78 Å². The number of aliphatic carboxylic acids is 1. The Morgan fingerprint density at radius 1 is 1.17 bits per heavy atom. The first kappa shape index (κ1) is 24.5. The van der Waals surface area contributed by atoms with Gasteiger partial charge in [-0.05, 0) is 60.4 Å². The van der Waals surface area contributed by atoms with Crippen molar-refractivity contribution in [3.8, 4) is 5.75 Å². The van der Waals surface area contributed by atoms with E-state index in [4.69, 9.17) is 33.0 Å². The highest BCUT2D eigenvalue weighted by molar-refractivity contribution is 6.54. The van der Waals surface area contributed by atoms with E-state index in [-0.39, 0.29) is 5.56 Å². The van der Waals surface area contributed by atoms with Gasteiger partial charge in [-0.15, -0.1) is 0 Å². The monoisotopic (exact) mass is 513 g/mol. The number of hydrogen-bond acceptors (Lipinski definition) is 5. The molecule has 2 heterocycles. The number of fused-ring (bicyclic) bond motifs is 2. The molecule has 10 heteroatoms. The second-order valence-electron chi connectivity index (χ2n) is 7.85. The van der Waals surface area contributed by atoms with Gasteiger partial charge in [-0.2, -0.15) is 0 Å². The zero-order chi connectivity index (χ0) is 25.1. The molecule has 3 aromatic rings. The van der Waals surface area contributed by atoms with Crippen molar-refractivity contribution >= 4 is 63.3 Å². The molecule has 2 aromatic carbocycles. The minimum absolute atomic E-state index is 0.179. The van der Waals surface area contributed by atoms with E-state index in [1.807, 2.05) is 37.3 Å². The van der Waals surface area contributed by atoms with E-state index in [0.29, 0.717) is 42.0 Å². The first-order valence-corrected chi connectivity index (χ1v) is 11.6. The number of nitrogens with zero attached hydrogens (tertiary/aromatic N) is 2. The van der Waals surface area contributed by atoms with Crippen LogP contribution in [0.5, 0.6) is 5.75 Å². The van der Waals surface area contributed by atoms with E-state index in [9.17, 15) is 14.4 Å². The zero-order valence-electron chi connectivity index (χ0n) is 18.7. The number of carboxylic acids is 1. The Balaban J connectivity index is 1.65. The third kappa shape index (κ3) is 5.23. The van der Waals surface area contributed by atoms with Crippen molar-refractivity contribution in [3.63, 3.8) is 0 Å². The molecule has 0 spiro atoms. The number of carbonyl (C=O) groups is 2. The molecule has 4 rings (SSSR count). The number of ether oxygens (including phenoxy) is 1. The van der Waals surface area contributed by atoms with Crippen LogP contribution in [0.15, 0.2) is 57.3 Å². The number of allylic oxidation sites excluding steroid dienone is 1. The Kier molecular flexibility index (Phi) is 7.23. The molecule has 2 N–H and O–H groups in total. The number of halogens is 2. The Labute approximate surface area is 210 Å². The standard InChI is InChI=1S/C25H21Cl2N3O5/c1-2-11-35-17-6-3-14(4-7-17)12-15-9-10-30-22(15)29-19-13-16(5-8-18(19)24(30)32)28-23(31)20(26)21(27)25(33)34/h3-8,12-13H,2,9-11H2,1H3,(H,28,31)(H,33,34)/b15-12?,21-20-. The molecule has 0 atom stereocenters. The molecule has 0 radical (unpaired) electrons. The van der Waals surface area contributed by atoms with Crippen LogP contribution in [0, 0.1) is 0 Å². The molecular weight excluding hydrogens is 493 g/mol. The van der Waals surface area contributed by atoms with Crippen LogP contribution in [-0.4, -0.2) is 33.1 Å². The van der Waals surface area contributed by atoms with Gasteiger partial charge in [0.1, 0.15) is 21.6 Å². The van der Waals surface area contributed by atoms with Crippen LogP contribution < -0.4 is 15.6 Å². The summed E-state index contributed by atoms with van der Waals surface area (Å²) in [4.78, 5) is 40.9. The number of aromatic nitrogens is 2. The fourth-order valence-electron chi connectivity index (χ4n) is 3.69. The minimum atomic E-state index is -1.52. The lowest BCUT2D eigenvalue weighted by atomic mass is 10.1. The van der Waals surface area contributed by atoms with Crippen molar-refractivity contribution in [3.05, 3.63) is 74.3 Å². The lowest BCUT2D eigenvalue weighted by Gasteiger charge is -2.09. The van der Waals surface area contributed by atoms with Gasteiger partial charge in [-0.1, -0.05) is 42.3 Å². The molecule has 0 saturated heterocycles. The maximum absolute atomic E-state index is 13.0. The average molecular weight is 514 g/mol. The van der Waals surface area contributed by atoms with E-state index in [2.05, 4.69) is 10.3 Å². The Morgan fingerprint density at radius 2 is 1.91 bits per heavy atom. The Morgan fingerprint density at radius 3 is 2.60 bits per heavy atom. The summed E-state index contributed by atoms with van der Waals surface area (Å²) in [7, 11) is 0. The topological polar surface area (TPSA) is 111 Å². The quantitative estimate of drug-likeness (QED) is 0.437. The van der Waals surface area contributed by atoms with Gasteiger partial charge in [-0.3, -0.25) is 14.2 Å². The largest absolute Gasteiger partial charge is 0.494 e. The molecule has 8 nitrogen and oxygen atoms in total. The number of carboxylic acid groups (broad SMARTS) is 1. The molecule has 1 aromatic heterocycles. The van der Waals surface area contributed by atoms with Crippen molar-refractivity contribution in [2.45, 2.75) is 26.3 Å². The zero-order valence-corrected chi connectivity index (χ0v) is 20.2. The van der Waals surface area contributed by atoms with Gasteiger partial charge in [0.25, 0.3) is 11.5 Å². The number of benzene rings is 2. The van der Waals surface area contributed by atoms with Crippen molar-refractivity contribution in [2.24, 2.45) is 0 Å². The molecule has 0 unspecified atom stereocenters. The molecule has 35 heavy (non-hydrogen) atoms. The van der Waals surface area contributed by atoms with Crippen LogP contribution in [0.3, 0.4) is 0 Å². The summed E-state index contributed by atoms with van der Waals surface area (Å²) >= 11 is 11.3. The number of hydrogen-bond donors (Lipinski definition) is 2. The highest BCUT2D eigenvalue weighted by Gasteiger charge is 2.22. The molecule has 1 aliphatic heterocycles. The smallest absolute Gasteiger partial charge is 0.349 e. The molecule has 1 amide bonds. The summed E-state index contributed by atoms with van der Waals surface area (Å²) in [6, 6.07) is 12.3. The summed E-state index contributed by atoms with van der Waals surface area (Å²) in [5.74, 6) is -1.04. The van der Waals surface area contributed by atoms with Crippen LogP contribution in [0.4, 0.5) is 5.69 Å². The second-order valence-corrected chi connectivity index (χ2v) is 8.60. The highest BCUT2D eigenvalue weighted by Crippen LogP contribution is 2.29. The van der Waals surface area contributed by atoms with Crippen LogP contribution in [0.2, 0.25) is 0 Å². The molecular formula is C25H21Cl2N3O5. The van der Waals surface area contributed by atoms with Crippen LogP contribution in [0.25, 0.3) is 22.6 Å². The van der Waals surface area contributed by atoms with E-state index in [1.165, 1.54) is 12.1 Å². The maximum Gasteiger partial charge on any atom is 0.349 e. The SMILES string of the molecule is CCCOc1ccc(C=C2CCn3c2nc2cc(NC(=O)/C(Cl)=C(/Cl)C(=O)O)ccc2c3=O)cc1. The second kappa shape index (κ2) is 10.3. The third-order valence-corrected chi connectivity index (χ3v) is 6.19. The van der Waals surface area contributed by atoms with E-state index >= 15 is 0 Å². The summed E-state index contributed by atoms with van der Waals surface area (Å²) < 4.78 is 7.26. The third-order valence-electron chi connectivity index (χ3n) is 5.38. The normalized spacial score (nSPS) is 14.5. The van der Waals surface area contributed by atoms with E-state index < -0.39 is 21.9 Å². The lowest BCUT2D eigenvalue weighted by molar-refractivity contribution is -0.132. The minimum Gasteiger partial charge on any atom is -0.494 e. The molecule has 0 fully saturated rings. The van der Waals surface area contributed by atoms with Gasteiger partial charge < -0.3 is 15.2 Å². The van der Waals surface area contributed by atoms with Crippen molar-refractivity contribution in [2.75, 3.05) is 11.9 Å². The van der Waals surface area contributed by atoms with Crippen LogP contribution >= 0.6 is 23.2 Å². The summed E-state index contributed by atoms with van der Waals surface area (Å²) in [5, 5.41) is 10.3. The van der Waals surface area contributed by atoms with Gasteiger partial charge in [0.15, 0.2) is 0 Å². The number of carbonyl (C=O) groups excluding carboxylic acids is 1. The Bertz CT molecular complexity index is 1440. The molecule has 180 valence electrons. The molecule has 1 aliphatic rings. The molecule has 0 bridgehead atoms. The van der Waals surface area contributed by atoms with Gasteiger partial charge in [0, 0.05) is 12.2 Å². The van der Waals surface area contributed by atoms with Gasteiger partial charge in [0.05, 0.1) is 17.5 Å². The first-order valence-electron chi connectivity index (χ1n) is 10.9. The number of amides is 1.